The highest BCUT2D eigenvalue weighted by Gasteiger charge is 2.68. The van der Waals surface area contributed by atoms with E-state index in [0.717, 1.165) is 91.1 Å². The maximum Gasteiger partial charge on any atom is 0.340 e. The van der Waals surface area contributed by atoms with Gasteiger partial charge in [-0.1, -0.05) is 75.1 Å². The summed E-state index contributed by atoms with van der Waals surface area (Å²) < 4.78 is 12.5. The van der Waals surface area contributed by atoms with Crippen LogP contribution in [0.15, 0.2) is 95.0 Å². The van der Waals surface area contributed by atoms with E-state index < -0.39 is 5.41 Å². The molecule has 3 fully saturated rings. The molecule has 0 radical (unpaired) electrons. The Morgan fingerprint density at radius 1 is 0.957 bits per heavy atom. The summed E-state index contributed by atoms with van der Waals surface area (Å²) >= 11 is 0. The zero-order chi connectivity index (χ0) is 31.4. The topological polar surface area (TPSA) is 72.8 Å². The van der Waals surface area contributed by atoms with Crippen LogP contribution < -0.4 is 0 Å². The van der Waals surface area contributed by atoms with Crippen molar-refractivity contribution in [3.8, 4) is 5.75 Å². The number of carbonyl (C=O) groups is 2. The van der Waals surface area contributed by atoms with Crippen molar-refractivity contribution >= 4 is 17.5 Å². The molecule has 1 saturated heterocycles. The molecule has 1 spiro atoms. The van der Waals surface area contributed by atoms with Crippen LogP contribution in [0.25, 0.3) is 5.57 Å². The number of fused-ring (bicyclic) bond motifs is 1. The van der Waals surface area contributed by atoms with Gasteiger partial charge in [-0.15, -0.1) is 0 Å². The highest BCUT2D eigenvalue weighted by atomic mass is 16.5. The number of phenols is 1. The molecule has 5 nitrogen and oxygen atoms in total. The molecule has 2 aliphatic heterocycles. The molecule has 46 heavy (non-hydrogen) atoms. The number of benzene rings is 2. The van der Waals surface area contributed by atoms with Gasteiger partial charge in [0.25, 0.3) is 0 Å². The lowest BCUT2D eigenvalue weighted by Gasteiger charge is -2.56. The molecule has 238 valence electrons. The highest BCUT2D eigenvalue weighted by molar-refractivity contribution is 6.06. The van der Waals surface area contributed by atoms with Crippen molar-refractivity contribution in [1.82, 2.24) is 0 Å². The Balaban J connectivity index is 1.26. The summed E-state index contributed by atoms with van der Waals surface area (Å²) in [4.78, 5) is 28.1. The summed E-state index contributed by atoms with van der Waals surface area (Å²) in [5.74, 6) is 2.25. The van der Waals surface area contributed by atoms with E-state index in [0.29, 0.717) is 5.57 Å². The third kappa shape index (κ3) is 4.72. The molecule has 2 saturated carbocycles. The summed E-state index contributed by atoms with van der Waals surface area (Å²) in [5, 5.41) is 10.5. The lowest BCUT2D eigenvalue weighted by Crippen LogP contribution is -2.52. The number of rotatable bonds is 8. The van der Waals surface area contributed by atoms with Crippen molar-refractivity contribution in [3.63, 3.8) is 0 Å². The molecule has 2 aromatic rings. The van der Waals surface area contributed by atoms with Gasteiger partial charge in [-0.05, 0) is 116 Å². The molecular formula is C41H44O5. The number of hydrogen-bond acceptors (Lipinski definition) is 5. The summed E-state index contributed by atoms with van der Waals surface area (Å²) in [5.41, 5.74) is 4.99. The van der Waals surface area contributed by atoms with Gasteiger partial charge in [0.15, 0.2) is 0 Å². The first-order valence-corrected chi connectivity index (χ1v) is 17.7. The second kappa shape index (κ2) is 11.7. The Bertz CT molecular complexity index is 1690. The zero-order valence-corrected chi connectivity index (χ0v) is 26.8. The molecule has 2 heterocycles. The molecule has 5 aliphatic carbocycles. The maximum atomic E-state index is 14.2. The van der Waals surface area contributed by atoms with Gasteiger partial charge in [-0.25, -0.2) is 9.59 Å². The standard InChI is InChI=1S/C41H44O5/c1-2-25(22-27-12-4-3-5-13-27)23-34-41-21-20-30(35(38(41)40(44)46-34)28-15-9-16-29(42)24-28)31-18-19-32-33(45-39(43)36(32)37(31)41)17-8-14-26-10-6-7-11-26/h3-5,9,12-13,15-17,23-26,30-31,37,42H,2,6-8,10-11,14,18-22H2,1H3/t25-,30+,31+,37+,41+/m0/s1. The molecule has 2 bridgehead atoms. The lowest BCUT2D eigenvalue weighted by atomic mass is 9.44. The summed E-state index contributed by atoms with van der Waals surface area (Å²) in [7, 11) is 0. The highest BCUT2D eigenvalue weighted by Crippen LogP contribution is 2.71. The van der Waals surface area contributed by atoms with E-state index in [2.05, 4.69) is 43.3 Å². The molecule has 1 N–H and O–H groups in total. The van der Waals surface area contributed by atoms with Crippen molar-refractivity contribution < 1.29 is 24.2 Å². The molecule has 7 aliphatic rings. The van der Waals surface area contributed by atoms with Crippen LogP contribution in [0.3, 0.4) is 0 Å². The summed E-state index contributed by atoms with van der Waals surface area (Å²) in [6.45, 7) is 2.19. The van der Waals surface area contributed by atoms with Gasteiger partial charge in [0.2, 0.25) is 0 Å². The molecule has 2 aromatic carbocycles. The average Bonchev–Trinajstić information content (AvgIpc) is 3.78. The minimum atomic E-state index is -0.722. The van der Waals surface area contributed by atoms with Gasteiger partial charge in [0.1, 0.15) is 17.3 Å². The summed E-state index contributed by atoms with van der Waals surface area (Å²) in [6, 6.07) is 17.8. The van der Waals surface area contributed by atoms with E-state index in [1.54, 1.807) is 12.1 Å². The van der Waals surface area contributed by atoms with Gasteiger partial charge in [-0.2, -0.15) is 0 Å². The molecule has 0 aromatic heterocycles. The number of allylic oxidation sites excluding steroid dienone is 5. The van der Waals surface area contributed by atoms with Crippen LogP contribution in [-0.4, -0.2) is 17.0 Å². The average molecular weight is 617 g/mol. The van der Waals surface area contributed by atoms with E-state index in [1.165, 1.54) is 31.2 Å². The van der Waals surface area contributed by atoms with Crippen molar-refractivity contribution in [1.29, 1.82) is 0 Å². The predicted octanol–water partition coefficient (Wildman–Crippen LogP) is 9.00. The number of aromatic hydroxyl groups is 1. The van der Waals surface area contributed by atoms with E-state index in [4.69, 9.17) is 9.47 Å². The molecule has 0 unspecified atom stereocenters. The minimum absolute atomic E-state index is 0.110. The monoisotopic (exact) mass is 616 g/mol. The quantitative estimate of drug-likeness (QED) is 0.300. The third-order valence-electron chi connectivity index (χ3n) is 12.1. The van der Waals surface area contributed by atoms with Gasteiger partial charge in [0.05, 0.1) is 11.0 Å². The SMILES string of the molecule is CC[C@H](C=C1OC(=O)C2=C(c3cccc(O)c3)[C@@H]3CC[C@]12[C@H]1C2=C(CC[C@H]31)C(=CCCC1CCCC1)OC2=O)Cc1ccccc1. The van der Waals surface area contributed by atoms with E-state index in [-0.39, 0.29) is 41.4 Å². The largest absolute Gasteiger partial charge is 0.508 e. The first-order chi connectivity index (χ1) is 22.5. The van der Waals surface area contributed by atoms with Crippen LogP contribution in [0.2, 0.25) is 0 Å². The Kier molecular flexibility index (Phi) is 7.54. The number of carbonyl (C=O) groups excluding carboxylic acids is 2. The fourth-order valence-corrected chi connectivity index (χ4v) is 10.1. The molecule has 0 amide bonds. The second-order valence-electron chi connectivity index (χ2n) is 14.5. The fraction of sp³-hybridized carbons (Fsp3) is 0.463. The van der Waals surface area contributed by atoms with Gasteiger partial charge in [0, 0.05) is 17.1 Å². The van der Waals surface area contributed by atoms with Crippen LogP contribution >= 0.6 is 0 Å². The van der Waals surface area contributed by atoms with Crippen molar-refractivity contribution in [2.75, 3.05) is 0 Å². The number of phenolic OH excluding ortho intramolecular Hbond substituents is 1. The number of cyclic esters (lactones) is 2. The first-order valence-electron chi connectivity index (χ1n) is 17.7. The third-order valence-corrected chi connectivity index (χ3v) is 12.1. The molecule has 5 heteroatoms. The normalized spacial score (nSPS) is 30.9. The van der Waals surface area contributed by atoms with Crippen LogP contribution in [0, 0.1) is 35.0 Å². The second-order valence-corrected chi connectivity index (χ2v) is 14.5. The van der Waals surface area contributed by atoms with Crippen LogP contribution in [0.4, 0.5) is 0 Å². The summed E-state index contributed by atoms with van der Waals surface area (Å²) in [6.07, 6.45) is 17.0. The Morgan fingerprint density at radius 3 is 2.57 bits per heavy atom. The molecule has 9 rings (SSSR count). The van der Waals surface area contributed by atoms with E-state index in [9.17, 15) is 14.7 Å². The Hall–Kier alpha value is -3.86. The van der Waals surface area contributed by atoms with Crippen molar-refractivity contribution in [3.05, 3.63) is 106 Å². The van der Waals surface area contributed by atoms with Crippen LogP contribution in [0.1, 0.15) is 88.7 Å². The maximum absolute atomic E-state index is 14.2. The van der Waals surface area contributed by atoms with Crippen molar-refractivity contribution in [2.45, 2.75) is 84.0 Å². The molecule has 5 atom stereocenters. The smallest absolute Gasteiger partial charge is 0.340 e. The van der Waals surface area contributed by atoms with Gasteiger partial charge < -0.3 is 14.6 Å². The minimum Gasteiger partial charge on any atom is -0.508 e. The predicted molar refractivity (Wildman–Crippen MR) is 177 cm³/mol. The lowest BCUT2D eigenvalue weighted by molar-refractivity contribution is -0.135. The van der Waals surface area contributed by atoms with Crippen LogP contribution in [-0.2, 0) is 25.5 Å². The Morgan fingerprint density at radius 2 is 1.78 bits per heavy atom. The fourth-order valence-electron chi connectivity index (χ4n) is 10.1. The van der Waals surface area contributed by atoms with Crippen molar-refractivity contribution in [2.24, 2.45) is 35.0 Å². The van der Waals surface area contributed by atoms with Crippen LogP contribution in [0.5, 0.6) is 5.75 Å². The van der Waals surface area contributed by atoms with Gasteiger partial charge >= 0.3 is 11.9 Å². The number of esters is 2. The number of ether oxygens (including phenoxy) is 2. The Labute approximate surface area is 272 Å². The molecular weight excluding hydrogens is 572 g/mol. The van der Waals surface area contributed by atoms with Gasteiger partial charge in [-0.3, -0.25) is 0 Å². The zero-order valence-electron chi connectivity index (χ0n) is 26.8. The number of hydrogen-bond donors (Lipinski definition) is 1. The van der Waals surface area contributed by atoms with E-state index in [1.807, 2.05) is 18.2 Å². The first kappa shape index (κ1) is 29.5. The van der Waals surface area contributed by atoms with E-state index >= 15 is 0 Å².